The summed E-state index contributed by atoms with van der Waals surface area (Å²) in [4.78, 5) is 0. The third-order valence-corrected chi connectivity index (χ3v) is 1.59. The minimum atomic E-state index is -1.09. The van der Waals surface area contributed by atoms with Crippen molar-refractivity contribution in [3.63, 3.8) is 0 Å². The van der Waals surface area contributed by atoms with Crippen LogP contribution in [0.2, 0.25) is 0 Å². The zero-order chi connectivity index (χ0) is 6.74. The highest BCUT2D eigenvalue weighted by Crippen LogP contribution is 2.19. The Morgan fingerprint density at radius 1 is 1.70 bits per heavy atom. The molecule has 0 aromatic rings. The largest absolute Gasteiger partial charge is 0.381 e. The summed E-state index contributed by atoms with van der Waals surface area (Å²) in [7, 11) is 1.53. The van der Waals surface area contributed by atoms with Gasteiger partial charge in [0.2, 0.25) is 0 Å². The Morgan fingerprint density at radius 2 is 2.40 bits per heavy atom. The van der Waals surface area contributed by atoms with Crippen LogP contribution < -0.4 is 5.32 Å². The van der Waals surface area contributed by atoms with Crippen molar-refractivity contribution in [2.24, 2.45) is 0 Å². The van der Waals surface area contributed by atoms with Gasteiger partial charge < -0.3 is 10.1 Å². The molecule has 0 aliphatic carbocycles. The lowest BCUT2D eigenvalue weighted by molar-refractivity contribution is 0.0558. The van der Waals surface area contributed by atoms with Gasteiger partial charge in [-0.05, 0) is 13.0 Å². The van der Waals surface area contributed by atoms with E-state index in [1.165, 1.54) is 7.11 Å². The number of nitrogens with one attached hydrogen (secondary N) is 1. The Bertz CT molecular complexity index is 95.7. The third kappa shape index (κ3) is 2.40. The first-order valence-electron chi connectivity index (χ1n) is 3.15. The first kappa shape index (κ1) is 10.1. The number of hydrogen-bond donors (Lipinski definition) is 1. The molecule has 62 valence electrons. The minimum absolute atomic E-state index is 0. The van der Waals surface area contributed by atoms with Gasteiger partial charge in [0.15, 0.2) is 0 Å². The van der Waals surface area contributed by atoms with E-state index in [1.54, 1.807) is 0 Å². The van der Waals surface area contributed by atoms with Gasteiger partial charge in [-0.1, -0.05) is 0 Å². The van der Waals surface area contributed by atoms with Crippen LogP contribution in [0.3, 0.4) is 0 Å². The van der Waals surface area contributed by atoms with Crippen LogP contribution in [-0.4, -0.2) is 32.5 Å². The second-order valence-corrected chi connectivity index (χ2v) is 2.51. The number of methoxy groups -OCH3 is 1. The maximum atomic E-state index is 13.1. The van der Waals surface area contributed by atoms with Gasteiger partial charge in [0.1, 0.15) is 5.67 Å². The lowest BCUT2D eigenvalue weighted by atomic mass is 10.1. The van der Waals surface area contributed by atoms with Crippen LogP contribution in [0.25, 0.3) is 0 Å². The molecule has 4 heteroatoms. The molecule has 0 bridgehead atoms. The highest BCUT2D eigenvalue weighted by Gasteiger charge is 2.33. The second-order valence-electron chi connectivity index (χ2n) is 2.51. The minimum Gasteiger partial charge on any atom is -0.381 e. The van der Waals surface area contributed by atoms with E-state index in [4.69, 9.17) is 4.74 Å². The fraction of sp³-hybridized carbons (Fsp3) is 1.00. The SMILES string of the molecule is COCC1(F)CCNC1.Cl. The molecular formula is C6H13ClFNO. The van der Waals surface area contributed by atoms with E-state index < -0.39 is 5.67 Å². The molecular weight excluding hydrogens is 157 g/mol. The van der Waals surface area contributed by atoms with Gasteiger partial charge in [-0.2, -0.15) is 0 Å². The first-order chi connectivity index (χ1) is 4.27. The normalized spacial score (nSPS) is 31.8. The van der Waals surface area contributed by atoms with E-state index in [9.17, 15) is 4.39 Å². The van der Waals surface area contributed by atoms with Crippen molar-refractivity contribution in [1.82, 2.24) is 5.32 Å². The predicted octanol–water partition coefficient (Wildman–Crippen LogP) is 0.756. The second kappa shape index (κ2) is 4.11. The standard InChI is InChI=1S/C6H12FNO.ClH/c1-9-5-6(7)2-3-8-4-6;/h8H,2-5H2,1H3;1H. The van der Waals surface area contributed by atoms with E-state index >= 15 is 0 Å². The maximum Gasteiger partial charge on any atom is 0.147 e. The molecule has 10 heavy (non-hydrogen) atoms. The summed E-state index contributed by atoms with van der Waals surface area (Å²) in [5.41, 5.74) is -1.09. The van der Waals surface area contributed by atoms with Crippen LogP contribution in [0.5, 0.6) is 0 Å². The van der Waals surface area contributed by atoms with Crippen molar-refractivity contribution in [3.05, 3.63) is 0 Å². The van der Waals surface area contributed by atoms with Crippen molar-refractivity contribution in [1.29, 1.82) is 0 Å². The molecule has 1 heterocycles. The Balaban J connectivity index is 0.000000810. The molecule has 0 aromatic carbocycles. The van der Waals surface area contributed by atoms with Crippen molar-refractivity contribution in [2.75, 3.05) is 26.8 Å². The monoisotopic (exact) mass is 169 g/mol. The molecule has 0 aromatic heterocycles. The Labute approximate surface area is 66.5 Å². The Morgan fingerprint density at radius 3 is 2.80 bits per heavy atom. The van der Waals surface area contributed by atoms with Gasteiger partial charge in [-0.25, -0.2) is 4.39 Å². The van der Waals surface area contributed by atoms with Crippen molar-refractivity contribution >= 4 is 12.4 Å². The molecule has 1 unspecified atom stereocenters. The Hall–Kier alpha value is 0.140. The lowest BCUT2D eigenvalue weighted by Crippen LogP contribution is -2.31. The van der Waals surface area contributed by atoms with Gasteiger partial charge in [-0.3, -0.25) is 0 Å². The Kier molecular flexibility index (Phi) is 4.17. The van der Waals surface area contributed by atoms with Crippen LogP contribution >= 0.6 is 12.4 Å². The number of halogens is 2. The average molecular weight is 170 g/mol. The predicted molar refractivity (Wildman–Crippen MR) is 40.4 cm³/mol. The summed E-state index contributed by atoms with van der Waals surface area (Å²) in [6.07, 6.45) is 0.584. The quantitative estimate of drug-likeness (QED) is 0.659. The summed E-state index contributed by atoms with van der Waals surface area (Å²) in [6.45, 7) is 1.45. The number of alkyl halides is 1. The van der Waals surface area contributed by atoms with Crippen LogP contribution in [0.4, 0.5) is 4.39 Å². The van der Waals surface area contributed by atoms with Crippen molar-refractivity contribution < 1.29 is 9.13 Å². The highest BCUT2D eigenvalue weighted by atomic mass is 35.5. The fourth-order valence-corrected chi connectivity index (χ4v) is 1.10. The fourth-order valence-electron chi connectivity index (χ4n) is 1.10. The van der Waals surface area contributed by atoms with Gasteiger partial charge in [0.25, 0.3) is 0 Å². The summed E-state index contributed by atoms with van der Waals surface area (Å²) in [5, 5.41) is 2.94. The summed E-state index contributed by atoms with van der Waals surface area (Å²) in [5.74, 6) is 0. The van der Waals surface area contributed by atoms with Gasteiger partial charge in [0.05, 0.1) is 6.61 Å². The van der Waals surface area contributed by atoms with E-state index in [0.29, 0.717) is 13.0 Å². The highest BCUT2D eigenvalue weighted by molar-refractivity contribution is 5.85. The van der Waals surface area contributed by atoms with Gasteiger partial charge >= 0.3 is 0 Å². The number of rotatable bonds is 2. The van der Waals surface area contributed by atoms with Crippen molar-refractivity contribution in [2.45, 2.75) is 12.1 Å². The number of hydrogen-bond acceptors (Lipinski definition) is 2. The molecule has 0 saturated carbocycles. The van der Waals surface area contributed by atoms with E-state index in [2.05, 4.69) is 5.32 Å². The zero-order valence-electron chi connectivity index (χ0n) is 6.02. The average Bonchev–Trinajstić information content (AvgIpc) is 2.16. The van der Waals surface area contributed by atoms with Crippen LogP contribution in [0.15, 0.2) is 0 Å². The molecule has 1 aliphatic heterocycles. The maximum absolute atomic E-state index is 13.1. The first-order valence-corrected chi connectivity index (χ1v) is 3.15. The van der Waals surface area contributed by atoms with Crippen LogP contribution in [0, 0.1) is 0 Å². The smallest absolute Gasteiger partial charge is 0.147 e. The topological polar surface area (TPSA) is 21.3 Å². The summed E-state index contributed by atoms with van der Waals surface area (Å²) >= 11 is 0. The van der Waals surface area contributed by atoms with Crippen LogP contribution in [-0.2, 0) is 4.74 Å². The molecule has 1 rings (SSSR count). The molecule has 0 radical (unpaired) electrons. The van der Waals surface area contributed by atoms with E-state index in [1.807, 2.05) is 0 Å². The molecule has 1 fully saturated rings. The molecule has 1 atom stereocenters. The summed E-state index contributed by atoms with van der Waals surface area (Å²) < 4.78 is 17.8. The molecule has 0 spiro atoms. The van der Waals surface area contributed by atoms with E-state index in [-0.39, 0.29) is 19.0 Å². The molecule has 1 N–H and O–H groups in total. The third-order valence-electron chi connectivity index (χ3n) is 1.59. The molecule has 2 nitrogen and oxygen atoms in total. The van der Waals surface area contributed by atoms with Gasteiger partial charge in [-0.15, -0.1) is 12.4 Å². The molecule has 0 amide bonds. The lowest BCUT2D eigenvalue weighted by Gasteiger charge is -2.15. The summed E-state index contributed by atoms with van der Waals surface area (Å²) in [6, 6.07) is 0. The van der Waals surface area contributed by atoms with Crippen molar-refractivity contribution in [3.8, 4) is 0 Å². The molecule has 1 aliphatic rings. The zero-order valence-corrected chi connectivity index (χ0v) is 6.84. The van der Waals surface area contributed by atoms with Gasteiger partial charge in [0, 0.05) is 13.7 Å². The van der Waals surface area contributed by atoms with E-state index in [0.717, 1.165) is 6.54 Å². The molecule has 1 saturated heterocycles. The van der Waals surface area contributed by atoms with Crippen LogP contribution in [0.1, 0.15) is 6.42 Å². The number of ether oxygens (including phenoxy) is 1.